The predicted octanol–water partition coefficient (Wildman–Crippen LogP) is 12.6. The molecule has 0 unspecified atom stereocenters. The molecule has 14 aromatic rings. The molecular weight excluding hydrogens is 1020 g/mol. The average Bonchev–Trinajstić information content (AvgIpc) is 2.69. The van der Waals surface area contributed by atoms with E-state index in [1.165, 1.54) is 0 Å². The van der Waals surface area contributed by atoms with Crippen LogP contribution in [0, 0.1) is 0 Å². The lowest BCUT2D eigenvalue weighted by Crippen LogP contribution is -2.15. The molecule has 31 rings (SSSR count). The molecule has 0 saturated carbocycles. The molecule has 0 amide bonds. The van der Waals surface area contributed by atoms with Crippen LogP contribution in [-0.4, -0.2) is 9.97 Å². The van der Waals surface area contributed by atoms with Crippen LogP contribution in [0.3, 0.4) is 0 Å². The van der Waals surface area contributed by atoms with E-state index in [4.69, 9.17) is 29.9 Å². The molecule has 2 aromatic heterocycles. The fourth-order valence-corrected chi connectivity index (χ4v) is 11.5. The van der Waals surface area contributed by atoms with Crippen LogP contribution < -0.4 is 42.3 Å². The highest BCUT2D eigenvalue weighted by molar-refractivity contribution is 6.12. The Balaban J connectivity index is 1.05. The van der Waals surface area contributed by atoms with Crippen molar-refractivity contribution >= 4 is 66.1 Å². The van der Waals surface area contributed by atoms with Crippen LogP contribution in [0.5, 0.6) is 0 Å². The number of aromatic nitrogens is 2. The first-order chi connectivity index (χ1) is 41.6. The Bertz CT molecular complexity index is 5060. The van der Waals surface area contributed by atoms with Gasteiger partial charge in [0, 0.05) is 75.8 Å². The molecule has 0 N–H and O–H groups in total. The summed E-state index contributed by atoms with van der Waals surface area (Å²) in [5.41, 5.74) is 12.9. The van der Waals surface area contributed by atoms with Gasteiger partial charge in [0.25, 0.3) is 0 Å². The van der Waals surface area contributed by atoms with Crippen molar-refractivity contribution in [2.24, 2.45) is 20.0 Å². The highest BCUT2D eigenvalue weighted by Crippen LogP contribution is 2.33. The molecular formula is C78H50N6. The largest absolute Gasteiger partial charge is 0.248 e. The molecule has 17 aliphatic heterocycles. The third kappa shape index (κ3) is 9.63. The molecule has 16 bridgehead atoms. The van der Waals surface area contributed by atoms with Crippen molar-refractivity contribution in [1.29, 1.82) is 0 Å². The standard InChI is InChI=1S/C78H50N6/c1-7-19-51(20-8-1)73-57-31-33-58(34-32-57)74(52-21-9-2-10-22-52)80-62-40-44-66-68-46-42-64(50-72(68)84-78(70(66)48-62)56-29-17-6-18-30-56)82-76(54-25-13-4-14-26-54)60-37-35-59(36-38-60)75(53-23-11-3-12-24-53)81-63-41-45-67-65-43-39-61(79-73)47-69(65)77(83-71(67)49-63)55-27-15-5-16-28-55/h1-50H. The SMILES string of the molecule is c1ccc(C2=c3ccc(cc3)=C(c3ccccc3)N=c3ccc4c(c3)nc(-c3ccccc3)c3cc(ccc34)=NC(c3ccccc3)=c3ccc(cc3)=C(c3ccccc3)N=c3ccc4c(c3)c(-c3ccccc3)nc3cc(ccc34)=N2)cc1. The third-order valence-corrected chi connectivity index (χ3v) is 15.6. The van der Waals surface area contributed by atoms with Gasteiger partial charge in [0.15, 0.2) is 0 Å². The monoisotopic (exact) mass is 1070 g/mol. The van der Waals surface area contributed by atoms with Crippen molar-refractivity contribution in [3.63, 3.8) is 0 Å². The molecule has 0 aliphatic carbocycles. The van der Waals surface area contributed by atoms with Gasteiger partial charge in [0.1, 0.15) is 0 Å². The Kier molecular flexibility index (Phi) is 12.8. The second kappa shape index (κ2) is 21.6. The smallest absolute Gasteiger partial charge is 0.0788 e. The van der Waals surface area contributed by atoms with E-state index in [1.807, 2.05) is 36.4 Å². The predicted molar refractivity (Wildman–Crippen MR) is 341 cm³/mol. The number of hydrogen-bond donors (Lipinski definition) is 0. The molecule has 12 aromatic carbocycles. The van der Waals surface area contributed by atoms with Gasteiger partial charge in [-0.25, -0.2) is 29.9 Å². The quantitative estimate of drug-likeness (QED) is 0.156. The zero-order valence-corrected chi connectivity index (χ0v) is 45.6. The van der Waals surface area contributed by atoms with E-state index < -0.39 is 0 Å². The minimum absolute atomic E-state index is 0.796. The lowest BCUT2D eigenvalue weighted by molar-refractivity contribution is 1.30. The first-order valence-electron chi connectivity index (χ1n) is 28.2. The second-order valence-corrected chi connectivity index (χ2v) is 21.0. The summed E-state index contributed by atoms with van der Waals surface area (Å²) >= 11 is 0. The first-order valence-corrected chi connectivity index (χ1v) is 28.2. The van der Waals surface area contributed by atoms with Crippen LogP contribution in [0.25, 0.3) is 88.7 Å². The highest BCUT2D eigenvalue weighted by atomic mass is 14.8. The van der Waals surface area contributed by atoms with E-state index in [1.54, 1.807) is 0 Å². The maximum absolute atomic E-state index is 5.51. The van der Waals surface area contributed by atoms with Gasteiger partial charge in [-0.15, -0.1) is 0 Å². The molecule has 392 valence electrons. The lowest BCUT2D eigenvalue weighted by Gasteiger charge is -2.11. The topological polar surface area (TPSA) is 75.2 Å². The Morgan fingerprint density at radius 3 is 0.690 bits per heavy atom. The third-order valence-electron chi connectivity index (χ3n) is 15.6. The summed E-state index contributed by atoms with van der Waals surface area (Å²) in [6.07, 6.45) is 0. The van der Waals surface area contributed by atoms with Crippen molar-refractivity contribution in [2.45, 2.75) is 0 Å². The number of benzene rings is 12. The Labute approximate surface area is 483 Å². The zero-order valence-electron chi connectivity index (χ0n) is 45.6. The van der Waals surface area contributed by atoms with Crippen molar-refractivity contribution < 1.29 is 0 Å². The Hall–Kier alpha value is -11.3. The second-order valence-electron chi connectivity index (χ2n) is 21.0. The van der Waals surface area contributed by atoms with E-state index in [9.17, 15) is 0 Å². The Morgan fingerprint density at radius 2 is 0.417 bits per heavy atom. The van der Waals surface area contributed by atoms with Crippen LogP contribution in [0.2, 0.25) is 0 Å². The number of nitrogens with zero attached hydrogens (tertiary/aromatic N) is 6. The van der Waals surface area contributed by atoms with Crippen molar-refractivity contribution in [3.8, 4) is 22.5 Å². The van der Waals surface area contributed by atoms with Crippen molar-refractivity contribution in [1.82, 2.24) is 9.97 Å². The van der Waals surface area contributed by atoms with Gasteiger partial charge in [0.2, 0.25) is 0 Å². The Morgan fingerprint density at radius 1 is 0.179 bits per heavy atom. The molecule has 0 atom stereocenters. The van der Waals surface area contributed by atoms with Crippen LogP contribution in [0.4, 0.5) is 0 Å². The maximum Gasteiger partial charge on any atom is 0.0788 e. The van der Waals surface area contributed by atoms with Gasteiger partial charge < -0.3 is 0 Å². The lowest BCUT2D eigenvalue weighted by atomic mass is 9.99. The van der Waals surface area contributed by atoms with Crippen LogP contribution >= 0.6 is 0 Å². The van der Waals surface area contributed by atoms with E-state index in [0.29, 0.717) is 0 Å². The maximum atomic E-state index is 5.51. The summed E-state index contributed by atoms with van der Waals surface area (Å²) < 4.78 is 0. The van der Waals surface area contributed by atoms with Gasteiger partial charge in [-0.3, -0.25) is 0 Å². The van der Waals surface area contributed by atoms with Crippen molar-refractivity contribution in [2.75, 3.05) is 0 Å². The zero-order chi connectivity index (χ0) is 55.8. The van der Waals surface area contributed by atoms with Gasteiger partial charge >= 0.3 is 0 Å². The summed E-state index contributed by atoms with van der Waals surface area (Å²) in [7, 11) is 0. The molecule has 0 radical (unpaired) electrons. The summed E-state index contributed by atoms with van der Waals surface area (Å²) in [4.78, 5) is 32.9. The van der Waals surface area contributed by atoms with E-state index >= 15 is 0 Å². The van der Waals surface area contributed by atoms with Crippen LogP contribution in [-0.2, 0) is 0 Å². The molecule has 0 spiro atoms. The van der Waals surface area contributed by atoms with E-state index in [0.717, 1.165) is 153 Å². The summed E-state index contributed by atoms with van der Waals surface area (Å²) in [6, 6.07) is 106. The minimum atomic E-state index is 0.796. The first kappa shape index (κ1) is 49.7. The summed E-state index contributed by atoms with van der Waals surface area (Å²) in [5, 5.41) is 13.4. The number of pyridine rings is 2. The fourth-order valence-electron chi connectivity index (χ4n) is 11.5. The van der Waals surface area contributed by atoms with Crippen LogP contribution in [0.15, 0.2) is 323 Å². The minimum Gasteiger partial charge on any atom is -0.248 e. The van der Waals surface area contributed by atoms with Gasteiger partial charge in [-0.2, -0.15) is 0 Å². The molecule has 0 fully saturated rings. The summed E-state index contributed by atoms with van der Waals surface area (Å²) in [6.45, 7) is 0. The summed E-state index contributed by atoms with van der Waals surface area (Å²) in [5.74, 6) is 0. The van der Waals surface area contributed by atoms with E-state index in [2.05, 4.69) is 267 Å². The van der Waals surface area contributed by atoms with Crippen LogP contribution in [0.1, 0.15) is 22.3 Å². The van der Waals surface area contributed by atoms with Gasteiger partial charge in [0.05, 0.1) is 66.6 Å². The molecule has 6 heteroatoms. The molecule has 6 nitrogen and oxygen atoms in total. The normalized spacial score (nSPS) is 12.6. The van der Waals surface area contributed by atoms with E-state index in [-0.39, 0.29) is 0 Å². The van der Waals surface area contributed by atoms with Gasteiger partial charge in [-0.1, -0.05) is 255 Å². The molecule has 19 heterocycles. The average molecular weight is 1070 g/mol. The highest BCUT2D eigenvalue weighted by Gasteiger charge is 2.15. The number of hydrogen-bond acceptors (Lipinski definition) is 6. The number of rotatable bonds is 6. The molecule has 17 aliphatic rings. The molecule has 0 saturated heterocycles. The fraction of sp³-hybridized carbons (Fsp3) is 0. The van der Waals surface area contributed by atoms with Crippen molar-refractivity contribution in [3.05, 3.63) is 368 Å². The molecule has 84 heavy (non-hydrogen) atoms. The van der Waals surface area contributed by atoms with Gasteiger partial charge in [-0.05, 0) is 59.3 Å².